The smallest absolute Gasteiger partial charge is 0.153 e. The third-order valence-corrected chi connectivity index (χ3v) is 6.64. The normalized spacial score (nSPS) is 29.9. The van der Waals surface area contributed by atoms with Crippen molar-refractivity contribution in [3.63, 3.8) is 0 Å². The summed E-state index contributed by atoms with van der Waals surface area (Å²) >= 11 is 0. The van der Waals surface area contributed by atoms with Gasteiger partial charge in [0.15, 0.2) is 9.84 Å². The number of nitrogens with two attached hydrogens (primary N) is 1. The van der Waals surface area contributed by atoms with Gasteiger partial charge in [0.1, 0.15) is 5.82 Å². The number of aromatic nitrogens is 2. The summed E-state index contributed by atoms with van der Waals surface area (Å²) in [4.78, 5) is 4.43. The fraction of sp³-hybridized carbons (Fsp3) is 0.769. The van der Waals surface area contributed by atoms with Crippen molar-refractivity contribution in [1.29, 1.82) is 0 Å². The highest BCUT2D eigenvalue weighted by molar-refractivity contribution is 7.92. The summed E-state index contributed by atoms with van der Waals surface area (Å²) < 4.78 is 26.3. The molecule has 0 spiro atoms. The van der Waals surface area contributed by atoms with Crippen molar-refractivity contribution in [3.8, 4) is 0 Å². The second-order valence-corrected chi connectivity index (χ2v) is 8.09. The average molecular weight is 283 g/mol. The summed E-state index contributed by atoms with van der Waals surface area (Å²) in [7, 11) is -2.92. The van der Waals surface area contributed by atoms with Crippen LogP contribution < -0.4 is 5.73 Å². The van der Waals surface area contributed by atoms with E-state index in [2.05, 4.69) is 9.55 Å². The molecule has 0 aromatic carbocycles. The molecule has 3 rings (SSSR count). The van der Waals surface area contributed by atoms with Crippen molar-refractivity contribution in [1.82, 2.24) is 9.55 Å². The maximum absolute atomic E-state index is 12.1. The van der Waals surface area contributed by atoms with Crippen molar-refractivity contribution in [2.45, 2.75) is 56.4 Å². The van der Waals surface area contributed by atoms with E-state index in [0.29, 0.717) is 12.2 Å². The molecule has 3 heterocycles. The second kappa shape index (κ2) is 4.90. The Morgan fingerprint density at radius 2 is 2.16 bits per heavy atom. The zero-order valence-electron chi connectivity index (χ0n) is 11.1. The molecule has 1 aromatic rings. The SMILES string of the molecule is NC1CCCn2c1cnc2CC1CCCCS1(=O)=O. The molecular formula is C13H21N3O2S. The van der Waals surface area contributed by atoms with Gasteiger partial charge < -0.3 is 10.3 Å². The Kier molecular flexibility index (Phi) is 3.39. The van der Waals surface area contributed by atoms with Crippen LogP contribution in [-0.4, -0.2) is 29.0 Å². The number of hydrogen-bond donors (Lipinski definition) is 1. The Labute approximate surface area is 114 Å². The Bertz CT molecular complexity index is 564. The van der Waals surface area contributed by atoms with Crippen LogP contribution in [0.15, 0.2) is 6.20 Å². The van der Waals surface area contributed by atoms with Gasteiger partial charge in [-0.05, 0) is 25.7 Å². The number of imidazole rings is 1. The molecule has 6 heteroatoms. The van der Waals surface area contributed by atoms with Crippen LogP contribution in [-0.2, 0) is 22.8 Å². The fourth-order valence-corrected chi connectivity index (χ4v) is 5.09. The topological polar surface area (TPSA) is 78.0 Å². The van der Waals surface area contributed by atoms with Gasteiger partial charge in [-0.25, -0.2) is 13.4 Å². The van der Waals surface area contributed by atoms with E-state index in [-0.39, 0.29) is 11.3 Å². The van der Waals surface area contributed by atoms with Gasteiger partial charge in [-0.3, -0.25) is 0 Å². The number of rotatable bonds is 2. The van der Waals surface area contributed by atoms with Crippen molar-refractivity contribution in [3.05, 3.63) is 17.7 Å². The molecule has 2 N–H and O–H groups in total. The van der Waals surface area contributed by atoms with E-state index in [4.69, 9.17) is 5.73 Å². The molecule has 0 amide bonds. The van der Waals surface area contributed by atoms with Crippen molar-refractivity contribution < 1.29 is 8.42 Å². The maximum Gasteiger partial charge on any atom is 0.153 e. The number of nitrogens with zero attached hydrogens (tertiary/aromatic N) is 2. The molecule has 2 atom stereocenters. The summed E-state index contributed by atoms with van der Waals surface area (Å²) in [6.45, 7) is 0.922. The molecule has 19 heavy (non-hydrogen) atoms. The molecule has 106 valence electrons. The predicted octanol–water partition coefficient (Wildman–Crippen LogP) is 1.19. The van der Waals surface area contributed by atoms with Gasteiger partial charge in [0.25, 0.3) is 0 Å². The van der Waals surface area contributed by atoms with Crippen LogP contribution in [0.1, 0.15) is 49.7 Å². The van der Waals surface area contributed by atoms with Gasteiger partial charge in [-0.1, -0.05) is 6.42 Å². The summed E-state index contributed by atoms with van der Waals surface area (Å²) in [5.41, 5.74) is 7.13. The lowest BCUT2D eigenvalue weighted by Gasteiger charge is -2.25. The lowest BCUT2D eigenvalue weighted by molar-refractivity contribution is 0.447. The molecular weight excluding hydrogens is 262 g/mol. The molecule has 0 saturated carbocycles. The lowest BCUT2D eigenvalue weighted by atomic mass is 10.1. The van der Waals surface area contributed by atoms with Gasteiger partial charge in [-0.15, -0.1) is 0 Å². The van der Waals surface area contributed by atoms with Gasteiger partial charge in [-0.2, -0.15) is 0 Å². The predicted molar refractivity (Wildman–Crippen MR) is 73.5 cm³/mol. The molecule has 5 nitrogen and oxygen atoms in total. The molecule has 2 aliphatic rings. The van der Waals surface area contributed by atoms with Crippen molar-refractivity contribution in [2.75, 3.05) is 5.75 Å². The largest absolute Gasteiger partial charge is 0.331 e. The van der Waals surface area contributed by atoms with Gasteiger partial charge in [0.2, 0.25) is 0 Å². The first kappa shape index (κ1) is 13.1. The Morgan fingerprint density at radius 3 is 2.95 bits per heavy atom. The van der Waals surface area contributed by atoms with E-state index in [9.17, 15) is 8.42 Å². The number of hydrogen-bond acceptors (Lipinski definition) is 4. The first-order valence-corrected chi connectivity index (χ1v) is 8.81. The van der Waals surface area contributed by atoms with Crippen LogP contribution in [0.5, 0.6) is 0 Å². The second-order valence-electron chi connectivity index (χ2n) is 5.69. The van der Waals surface area contributed by atoms with Crippen molar-refractivity contribution >= 4 is 9.84 Å². The van der Waals surface area contributed by atoms with Gasteiger partial charge >= 0.3 is 0 Å². The van der Waals surface area contributed by atoms with Crippen LogP contribution in [0, 0.1) is 0 Å². The van der Waals surface area contributed by atoms with Crippen LogP contribution >= 0.6 is 0 Å². The average Bonchev–Trinajstić information content (AvgIpc) is 2.77. The Balaban J connectivity index is 1.84. The standard InChI is InChI=1S/C13H21N3O2S/c14-11-5-3-6-16-12(11)9-15-13(16)8-10-4-1-2-7-19(10,17)18/h9-11H,1-8,14H2. The molecule has 0 aliphatic carbocycles. The summed E-state index contributed by atoms with van der Waals surface area (Å²) in [5.74, 6) is 1.24. The molecule has 1 aromatic heterocycles. The van der Waals surface area contributed by atoms with Crippen LogP contribution in [0.2, 0.25) is 0 Å². The van der Waals surface area contributed by atoms with E-state index in [1.165, 1.54) is 0 Å². The summed E-state index contributed by atoms with van der Waals surface area (Å²) in [6.07, 6.45) is 7.02. The van der Waals surface area contributed by atoms with Gasteiger partial charge in [0, 0.05) is 19.0 Å². The fourth-order valence-electron chi connectivity index (χ4n) is 3.22. The highest BCUT2D eigenvalue weighted by atomic mass is 32.2. The molecule has 1 saturated heterocycles. The lowest BCUT2D eigenvalue weighted by Crippen LogP contribution is -2.32. The first-order valence-electron chi connectivity index (χ1n) is 7.09. The van der Waals surface area contributed by atoms with E-state index in [1.807, 2.05) is 6.20 Å². The van der Waals surface area contributed by atoms with Crippen molar-refractivity contribution in [2.24, 2.45) is 5.73 Å². The third kappa shape index (κ3) is 2.43. The monoisotopic (exact) mass is 283 g/mol. The minimum atomic E-state index is -2.92. The zero-order valence-corrected chi connectivity index (χ0v) is 11.9. The van der Waals surface area contributed by atoms with Crippen LogP contribution in [0.25, 0.3) is 0 Å². The first-order chi connectivity index (χ1) is 9.08. The molecule has 2 unspecified atom stereocenters. The molecule has 2 aliphatic heterocycles. The third-order valence-electron chi connectivity index (χ3n) is 4.37. The summed E-state index contributed by atoms with van der Waals surface area (Å²) in [6, 6.07) is 0.0537. The van der Waals surface area contributed by atoms with E-state index in [0.717, 1.165) is 50.2 Å². The minimum absolute atomic E-state index is 0.0537. The van der Waals surface area contributed by atoms with E-state index < -0.39 is 9.84 Å². The zero-order chi connectivity index (χ0) is 13.5. The maximum atomic E-state index is 12.1. The highest BCUT2D eigenvalue weighted by Gasteiger charge is 2.31. The number of fused-ring (bicyclic) bond motifs is 1. The Hall–Kier alpha value is -0.880. The van der Waals surface area contributed by atoms with Crippen LogP contribution in [0.4, 0.5) is 0 Å². The minimum Gasteiger partial charge on any atom is -0.331 e. The van der Waals surface area contributed by atoms with E-state index in [1.54, 1.807) is 0 Å². The highest BCUT2D eigenvalue weighted by Crippen LogP contribution is 2.27. The summed E-state index contributed by atoms with van der Waals surface area (Å²) in [5, 5.41) is -0.245. The Morgan fingerprint density at radius 1 is 1.32 bits per heavy atom. The quantitative estimate of drug-likeness (QED) is 0.884. The molecule has 0 radical (unpaired) electrons. The molecule has 0 bridgehead atoms. The molecule has 1 fully saturated rings. The van der Waals surface area contributed by atoms with E-state index >= 15 is 0 Å². The number of sulfone groups is 1. The van der Waals surface area contributed by atoms with Gasteiger partial charge in [0.05, 0.1) is 22.9 Å². The van der Waals surface area contributed by atoms with Crippen LogP contribution in [0.3, 0.4) is 0 Å².